The van der Waals surface area contributed by atoms with Crippen LogP contribution in [0.1, 0.15) is 0 Å². The molecule has 1 aromatic rings. The second-order valence-electron chi connectivity index (χ2n) is 2.84. The zero-order valence-electron chi connectivity index (χ0n) is 9.21. The van der Waals surface area contributed by atoms with E-state index in [0.717, 1.165) is 12.4 Å². The maximum atomic E-state index is 5.17. The topological polar surface area (TPSA) is 76.3 Å². The molecular weight excluding hydrogens is 253 g/mol. The summed E-state index contributed by atoms with van der Waals surface area (Å²) in [6.45, 7) is 1.44. The van der Waals surface area contributed by atoms with Crippen LogP contribution >= 0.6 is 24.8 Å². The summed E-state index contributed by atoms with van der Waals surface area (Å²) >= 11 is 0. The molecule has 0 aliphatic heterocycles. The first-order chi connectivity index (χ1) is 6.77. The van der Waals surface area contributed by atoms with Gasteiger partial charge in [0.15, 0.2) is 11.6 Å². The van der Waals surface area contributed by atoms with Crippen molar-refractivity contribution in [3.63, 3.8) is 0 Å². The minimum absolute atomic E-state index is 0. The highest BCUT2D eigenvalue weighted by Gasteiger charge is 2.02. The van der Waals surface area contributed by atoms with Gasteiger partial charge in [-0.25, -0.2) is 5.84 Å². The molecule has 6 nitrogen and oxygen atoms in total. The smallest absolute Gasteiger partial charge is 0.162 e. The lowest BCUT2D eigenvalue weighted by atomic mass is 10.4. The van der Waals surface area contributed by atoms with Crippen LogP contribution in [0.2, 0.25) is 0 Å². The van der Waals surface area contributed by atoms with Gasteiger partial charge in [0.1, 0.15) is 0 Å². The maximum Gasteiger partial charge on any atom is 0.162 e. The number of halogens is 2. The Labute approximate surface area is 107 Å². The van der Waals surface area contributed by atoms with Crippen molar-refractivity contribution in [2.75, 3.05) is 37.6 Å². The second kappa shape index (κ2) is 9.41. The Balaban J connectivity index is 0. The molecule has 94 valence electrons. The van der Waals surface area contributed by atoms with E-state index in [-0.39, 0.29) is 24.8 Å². The molecule has 8 heteroatoms. The molecule has 0 unspecified atom stereocenters. The molecule has 0 radical (unpaired) electrons. The molecule has 0 saturated carbocycles. The summed E-state index contributed by atoms with van der Waals surface area (Å²) in [5.41, 5.74) is 2.42. The van der Waals surface area contributed by atoms with Crippen LogP contribution < -0.4 is 16.2 Å². The SMILES string of the molecule is COCCN(C)c1ccc(NN)nn1.Cl.Cl. The summed E-state index contributed by atoms with van der Waals surface area (Å²) in [4.78, 5) is 1.96. The first-order valence-electron chi connectivity index (χ1n) is 4.28. The van der Waals surface area contributed by atoms with Crippen LogP contribution in [0.25, 0.3) is 0 Å². The van der Waals surface area contributed by atoms with E-state index in [2.05, 4.69) is 15.6 Å². The average molecular weight is 270 g/mol. The Morgan fingerprint density at radius 1 is 1.38 bits per heavy atom. The highest BCUT2D eigenvalue weighted by molar-refractivity contribution is 5.85. The first kappa shape index (κ1) is 17.6. The number of nitrogens with two attached hydrogens (primary N) is 1. The van der Waals surface area contributed by atoms with Crippen molar-refractivity contribution < 1.29 is 4.74 Å². The summed E-state index contributed by atoms with van der Waals surface area (Å²) in [7, 11) is 3.60. The molecule has 3 N–H and O–H groups in total. The van der Waals surface area contributed by atoms with Crippen LogP contribution in [0.3, 0.4) is 0 Å². The van der Waals surface area contributed by atoms with Gasteiger partial charge in [-0.15, -0.1) is 35.0 Å². The van der Waals surface area contributed by atoms with Gasteiger partial charge in [0.05, 0.1) is 6.61 Å². The van der Waals surface area contributed by atoms with E-state index in [9.17, 15) is 0 Å². The monoisotopic (exact) mass is 269 g/mol. The van der Waals surface area contributed by atoms with Gasteiger partial charge in [-0.3, -0.25) is 0 Å². The predicted molar refractivity (Wildman–Crippen MR) is 69.5 cm³/mol. The summed E-state index contributed by atoms with van der Waals surface area (Å²) in [5.74, 6) is 6.51. The molecule has 0 saturated heterocycles. The number of hydrogen-bond acceptors (Lipinski definition) is 6. The van der Waals surface area contributed by atoms with Gasteiger partial charge in [0.25, 0.3) is 0 Å². The zero-order chi connectivity index (χ0) is 10.4. The molecule has 0 bridgehead atoms. The number of anilines is 2. The summed E-state index contributed by atoms with van der Waals surface area (Å²) in [5, 5.41) is 7.84. The molecule has 0 fully saturated rings. The van der Waals surface area contributed by atoms with Crippen LogP contribution in [0.4, 0.5) is 11.6 Å². The van der Waals surface area contributed by atoms with Crippen LogP contribution in [0.15, 0.2) is 12.1 Å². The van der Waals surface area contributed by atoms with E-state index in [1.54, 1.807) is 13.2 Å². The van der Waals surface area contributed by atoms with Gasteiger partial charge < -0.3 is 15.1 Å². The number of nitrogens with zero attached hydrogens (tertiary/aromatic N) is 3. The number of likely N-dealkylation sites (N-methyl/N-ethyl adjacent to an activating group) is 1. The number of hydrazine groups is 1. The van der Waals surface area contributed by atoms with Crippen LogP contribution in [-0.2, 0) is 4.74 Å². The number of methoxy groups -OCH3 is 1. The third-order valence-corrected chi connectivity index (χ3v) is 1.82. The molecule has 0 aliphatic rings. The van der Waals surface area contributed by atoms with Crippen molar-refractivity contribution in [2.24, 2.45) is 5.84 Å². The lowest BCUT2D eigenvalue weighted by molar-refractivity contribution is 0.206. The normalized spacial score (nSPS) is 8.69. The Morgan fingerprint density at radius 2 is 2.06 bits per heavy atom. The van der Waals surface area contributed by atoms with Crippen molar-refractivity contribution in [2.45, 2.75) is 0 Å². The predicted octanol–water partition coefficient (Wildman–Crippen LogP) is 0.688. The minimum atomic E-state index is 0. The number of hydrogen-bond donors (Lipinski definition) is 2. The van der Waals surface area contributed by atoms with Gasteiger partial charge in [0.2, 0.25) is 0 Å². The third-order valence-electron chi connectivity index (χ3n) is 1.82. The summed E-state index contributed by atoms with van der Waals surface area (Å²) < 4.78 is 4.96. The fraction of sp³-hybridized carbons (Fsp3) is 0.500. The van der Waals surface area contributed by atoms with Crippen LogP contribution in [0.5, 0.6) is 0 Å². The second-order valence-corrected chi connectivity index (χ2v) is 2.84. The van der Waals surface area contributed by atoms with E-state index in [4.69, 9.17) is 10.6 Å². The number of nitrogens with one attached hydrogen (secondary N) is 1. The Hall–Kier alpha value is -0.820. The van der Waals surface area contributed by atoms with E-state index in [0.29, 0.717) is 12.4 Å². The highest BCUT2D eigenvalue weighted by Crippen LogP contribution is 2.08. The fourth-order valence-corrected chi connectivity index (χ4v) is 0.949. The Kier molecular flexibility index (Phi) is 10.3. The van der Waals surface area contributed by atoms with Crippen molar-refractivity contribution in [1.29, 1.82) is 0 Å². The van der Waals surface area contributed by atoms with Crippen molar-refractivity contribution in [3.05, 3.63) is 12.1 Å². The largest absolute Gasteiger partial charge is 0.383 e. The minimum Gasteiger partial charge on any atom is -0.383 e. The molecule has 0 aliphatic carbocycles. The lowest BCUT2D eigenvalue weighted by Gasteiger charge is -2.16. The summed E-state index contributed by atoms with van der Waals surface area (Å²) in [6.07, 6.45) is 0. The van der Waals surface area contributed by atoms with E-state index in [1.165, 1.54) is 0 Å². The van der Waals surface area contributed by atoms with E-state index in [1.807, 2.05) is 18.0 Å². The quantitative estimate of drug-likeness (QED) is 0.605. The van der Waals surface area contributed by atoms with Gasteiger partial charge in [-0.1, -0.05) is 0 Å². The Bertz CT molecular complexity index is 272. The molecule has 16 heavy (non-hydrogen) atoms. The van der Waals surface area contributed by atoms with Gasteiger partial charge in [-0.2, -0.15) is 0 Å². The fourth-order valence-electron chi connectivity index (χ4n) is 0.949. The third kappa shape index (κ3) is 5.32. The number of aromatic nitrogens is 2. The summed E-state index contributed by atoms with van der Waals surface area (Å²) in [6, 6.07) is 3.61. The van der Waals surface area contributed by atoms with E-state index < -0.39 is 0 Å². The molecule has 1 heterocycles. The molecule has 0 spiro atoms. The lowest BCUT2D eigenvalue weighted by Crippen LogP contribution is -2.23. The first-order valence-corrected chi connectivity index (χ1v) is 4.28. The molecule has 1 aromatic heterocycles. The Morgan fingerprint density at radius 3 is 2.50 bits per heavy atom. The molecule has 0 atom stereocenters. The van der Waals surface area contributed by atoms with Gasteiger partial charge in [0, 0.05) is 20.7 Å². The van der Waals surface area contributed by atoms with Crippen molar-refractivity contribution in [3.8, 4) is 0 Å². The zero-order valence-corrected chi connectivity index (χ0v) is 10.8. The highest BCUT2D eigenvalue weighted by atomic mass is 35.5. The molecule has 0 aromatic carbocycles. The number of rotatable bonds is 5. The van der Waals surface area contributed by atoms with Crippen molar-refractivity contribution in [1.82, 2.24) is 10.2 Å². The van der Waals surface area contributed by atoms with E-state index >= 15 is 0 Å². The standard InChI is InChI=1S/C8H15N5O.2ClH/c1-13(5-6-14-2)8-4-3-7(10-9)11-12-8;;/h3-4H,5-6,9H2,1-2H3,(H,10,11);2*1H. The van der Waals surface area contributed by atoms with Gasteiger partial charge in [-0.05, 0) is 12.1 Å². The van der Waals surface area contributed by atoms with Crippen LogP contribution in [0, 0.1) is 0 Å². The maximum absolute atomic E-state index is 5.17. The van der Waals surface area contributed by atoms with Gasteiger partial charge >= 0.3 is 0 Å². The van der Waals surface area contributed by atoms with Crippen molar-refractivity contribution >= 4 is 36.4 Å². The molecule has 1 rings (SSSR count). The number of nitrogen functional groups attached to an aromatic ring is 1. The average Bonchev–Trinajstić information content (AvgIpc) is 2.26. The van der Waals surface area contributed by atoms with Crippen LogP contribution in [-0.4, -0.2) is 37.5 Å². The molecular formula is C8H17Cl2N5O. The number of ether oxygens (including phenoxy) is 1. The molecule has 0 amide bonds.